The van der Waals surface area contributed by atoms with Crippen LogP contribution in [0.5, 0.6) is 0 Å². The third kappa shape index (κ3) is 3.59. The Bertz CT molecular complexity index is 1660. The van der Waals surface area contributed by atoms with Gasteiger partial charge in [0.1, 0.15) is 0 Å². The molecule has 7 rings (SSSR count). The standard InChI is InChI=1S/C37H34.2CH3.Hf/c1-23-13-15-25(3)33(17-23)31-11-7-9-27-19-29(21-35(27)31)37(5,6)30-20-28-10-8-12-32(36(28)22-30)34-18-24(2)14-16-26(34)4;;;/h7-22H,1-6H3;2*1H3;. The van der Waals surface area contributed by atoms with Gasteiger partial charge in [0, 0.05) is 0 Å². The third-order valence-corrected chi connectivity index (χ3v) is 25.6. The second-order valence-corrected chi connectivity index (χ2v) is 31.0. The predicted molar refractivity (Wildman–Crippen MR) is 170 cm³/mol. The van der Waals surface area contributed by atoms with Gasteiger partial charge in [-0.3, -0.25) is 0 Å². The molecule has 1 saturated heterocycles. The van der Waals surface area contributed by atoms with Crippen molar-refractivity contribution in [3.63, 3.8) is 0 Å². The summed E-state index contributed by atoms with van der Waals surface area (Å²) < 4.78 is 6.72. The molecule has 1 heterocycles. The van der Waals surface area contributed by atoms with Crippen LogP contribution in [0.15, 0.2) is 83.9 Å². The molecule has 0 spiro atoms. The molecule has 0 nitrogen and oxygen atoms in total. The first-order valence-corrected chi connectivity index (χ1v) is 26.2. The van der Waals surface area contributed by atoms with Gasteiger partial charge in [-0.15, -0.1) is 0 Å². The fourth-order valence-corrected chi connectivity index (χ4v) is 26.1. The molecule has 4 aromatic rings. The quantitative estimate of drug-likeness (QED) is 0.184. The zero-order valence-corrected chi connectivity index (χ0v) is 28.8. The number of hydrogen-bond donors (Lipinski definition) is 0. The molecule has 1 fully saturated rings. The van der Waals surface area contributed by atoms with Crippen LogP contribution in [0.3, 0.4) is 0 Å². The summed E-state index contributed by atoms with van der Waals surface area (Å²) in [5.41, 5.74) is 20.6. The Labute approximate surface area is 245 Å². The molecule has 2 unspecified atom stereocenters. The summed E-state index contributed by atoms with van der Waals surface area (Å²) in [6.45, 7) is 14.0. The SMILES string of the molecule is Cc1ccc(C)c(-c2cccc3c2C=C2[CH]3[Hf]([CH3])([CH3])[CH]3C(=Cc4c(-c5cc(C)ccc5C)cccc43)C2(C)C)c1. The fraction of sp³-hybridized carbons (Fsp3) is 0.282. The maximum atomic E-state index is 2.75. The van der Waals surface area contributed by atoms with Crippen molar-refractivity contribution in [1.82, 2.24) is 0 Å². The van der Waals surface area contributed by atoms with Crippen LogP contribution in [-0.4, -0.2) is 0 Å². The zero-order valence-electron chi connectivity index (χ0n) is 25.2. The van der Waals surface area contributed by atoms with E-state index in [1.54, 1.807) is 22.3 Å². The number of rotatable bonds is 2. The molecule has 1 heteroatoms. The van der Waals surface area contributed by atoms with Crippen molar-refractivity contribution in [3.05, 3.63) is 128 Å². The normalized spacial score (nSPS) is 21.2. The number of fused-ring (bicyclic) bond motifs is 6. The molecule has 1 aliphatic heterocycles. The van der Waals surface area contributed by atoms with Crippen molar-refractivity contribution in [2.75, 3.05) is 0 Å². The average molecular weight is 687 g/mol. The molecule has 0 radical (unpaired) electrons. The topological polar surface area (TPSA) is 0 Å². The molecule has 200 valence electrons. The molecule has 2 atom stereocenters. The molecule has 0 amide bonds. The van der Waals surface area contributed by atoms with E-state index in [1.165, 1.54) is 55.6 Å². The fourth-order valence-electron chi connectivity index (χ4n) is 8.35. The van der Waals surface area contributed by atoms with Crippen LogP contribution in [0.25, 0.3) is 34.4 Å². The van der Waals surface area contributed by atoms with Crippen molar-refractivity contribution in [2.45, 2.75) is 58.3 Å². The number of benzene rings is 4. The molecule has 0 bridgehead atoms. The summed E-state index contributed by atoms with van der Waals surface area (Å²) in [4.78, 5) is 0. The zero-order chi connectivity index (χ0) is 28.1. The van der Waals surface area contributed by atoms with Gasteiger partial charge < -0.3 is 0 Å². The van der Waals surface area contributed by atoms with Gasteiger partial charge in [-0.1, -0.05) is 0 Å². The van der Waals surface area contributed by atoms with E-state index in [0.717, 1.165) is 0 Å². The van der Waals surface area contributed by atoms with Gasteiger partial charge in [0.25, 0.3) is 0 Å². The predicted octanol–water partition coefficient (Wildman–Crippen LogP) is 11.1. The Morgan fingerprint density at radius 2 is 0.975 bits per heavy atom. The summed E-state index contributed by atoms with van der Waals surface area (Å²) >= 11 is -3.03. The first kappa shape index (κ1) is 26.1. The Hall–Kier alpha value is -2.77. The summed E-state index contributed by atoms with van der Waals surface area (Å²) in [6, 6.07) is 28.1. The molecule has 3 aliphatic rings. The van der Waals surface area contributed by atoms with Gasteiger partial charge in [0.2, 0.25) is 0 Å². The Morgan fingerprint density at radius 3 is 1.40 bits per heavy atom. The molecular formula is C39H40Hf. The minimum atomic E-state index is -3.03. The van der Waals surface area contributed by atoms with Crippen molar-refractivity contribution in [2.24, 2.45) is 5.41 Å². The van der Waals surface area contributed by atoms with Gasteiger partial charge >= 0.3 is 246 Å². The van der Waals surface area contributed by atoms with Gasteiger partial charge in [-0.05, 0) is 0 Å². The van der Waals surface area contributed by atoms with Crippen LogP contribution in [0.1, 0.15) is 65.7 Å². The second-order valence-electron chi connectivity index (χ2n) is 13.8. The first-order valence-electron chi connectivity index (χ1n) is 14.9. The van der Waals surface area contributed by atoms with Crippen LogP contribution in [-0.2, 0) is 20.0 Å². The van der Waals surface area contributed by atoms with E-state index in [1.807, 2.05) is 0 Å². The first-order chi connectivity index (χ1) is 19.0. The molecule has 2 aliphatic carbocycles. The number of hydrogen-bond acceptors (Lipinski definition) is 0. The van der Waals surface area contributed by atoms with E-state index >= 15 is 0 Å². The third-order valence-electron chi connectivity index (χ3n) is 10.4. The van der Waals surface area contributed by atoms with E-state index in [-0.39, 0.29) is 5.41 Å². The van der Waals surface area contributed by atoms with E-state index in [0.29, 0.717) is 7.35 Å². The van der Waals surface area contributed by atoms with E-state index in [4.69, 9.17) is 0 Å². The van der Waals surface area contributed by atoms with Crippen molar-refractivity contribution in [1.29, 1.82) is 0 Å². The van der Waals surface area contributed by atoms with Crippen LogP contribution in [0, 0.1) is 33.1 Å². The Morgan fingerprint density at radius 1 is 0.550 bits per heavy atom. The van der Waals surface area contributed by atoms with E-state index in [9.17, 15) is 0 Å². The summed E-state index contributed by atoms with van der Waals surface area (Å²) in [5, 5.41) is 0. The van der Waals surface area contributed by atoms with Crippen LogP contribution >= 0.6 is 0 Å². The van der Waals surface area contributed by atoms with Gasteiger partial charge in [0.05, 0.1) is 0 Å². The Balaban J connectivity index is 1.44. The maximum absolute atomic E-state index is 3.03. The summed E-state index contributed by atoms with van der Waals surface area (Å²) in [6.07, 6.45) is 5.26. The summed E-state index contributed by atoms with van der Waals surface area (Å²) in [7, 11) is 0. The molecule has 0 aromatic heterocycles. The van der Waals surface area contributed by atoms with Gasteiger partial charge in [-0.25, -0.2) is 0 Å². The van der Waals surface area contributed by atoms with Crippen LogP contribution in [0.4, 0.5) is 0 Å². The molecule has 4 aromatic carbocycles. The monoisotopic (exact) mass is 688 g/mol. The molecule has 40 heavy (non-hydrogen) atoms. The van der Waals surface area contributed by atoms with Crippen LogP contribution < -0.4 is 0 Å². The Kier molecular flexibility index (Phi) is 5.79. The second kappa shape index (κ2) is 8.86. The number of aryl methyl sites for hydroxylation is 4. The van der Waals surface area contributed by atoms with E-state index < -0.39 is 20.0 Å². The molecular weight excluding hydrogens is 647 g/mol. The van der Waals surface area contributed by atoms with Crippen LogP contribution in [0.2, 0.25) is 9.36 Å². The van der Waals surface area contributed by atoms with Gasteiger partial charge in [-0.2, -0.15) is 0 Å². The molecule has 0 N–H and O–H groups in total. The summed E-state index contributed by atoms with van der Waals surface area (Å²) in [5.74, 6) is 0. The minimum absolute atomic E-state index is 0.0285. The number of allylic oxidation sites excluding steroid dienone is 2. The molecule has 0 saturated carbocycles. The van der Waals surface area contributed by atoms with Gasteiger partial charge in [0.15, 0.2) is 0 Å². The average Bonchev–Trinajstić information content (AvgIpc) is 3.52. The van der Waals surface area contributed by atoms with Crippen molar-refractivity contribution in [3.8, 4) is 22.3 Å². The van der Waals surface area contributed by atoms with Crippen molar-refractivity contribution < 1.29 is 20.0 Å². The van der Waals surface area contributed by atoms with Crippen molar-refractivity contribution >= 4 is 12.2 Å². The van der Waals surface area contributed by atoms with E-state index in [2.05, 4.69) is 136 Å².